The van der Waals surface area contributed by atoms with Gasteiger partial charge in [0.25, 0.3) is 5.91 Å². The molecule has 0 radical (unpaired) electrons. The Kier molecular flexibility index (Phi) is 8.76. The zero-order chi connectivity index (χ0) is 19.5. The van der Waals surface area contributed by atoms with Crippen molar-refractivity contribution in [1.29, 1.82) is 0 Å². The van der Waals surface area contributed by atoms with Crippen LogP contribution in [0.4, 0.5) is 5.69 Å². The van der Waals surface area contributed by atoms with Gasteiger partial charge in [-0.2, -0.15) is 0 Å². The fourth-order valence-corrected chi connectivity index (χ4v) is 2.30. The van der Waals surface area contributed by atoms with Gasteiger partial charge < -0.3 is 29.7 Å². The largest absolute Gasteiger partial charge is 0.422 e. The normalized spacial score (nSPS) is 11.0. The summed E-state index contributed by atoms with van der Waals surface area (Å²) in [5.41, 5.74) is 5.73. The van der Waals surface area contributed by atoms with E-state index in [0.717, 1.165) is 13.0 Å². The van der Waals surface area contributed by atoms with Crippen LogP contribution in [0, 0.1) is 0 Å². The van der Waals surface area contributed by atoms with Crippen molar-refractivity contribution in [2.45, 2.75) is 13.3 Å². The summed E-state index contributed by atoms with van der Waals surface area (Å²) < 4.78 is 21.1. The van der Waals surface area contributed by atoms with Gasteiger partial charge in [-0.05, 0) is 24.6 Å². The number of carbonyl (C=O) groups excluding carboxylic acids is 1. The molecule has 8 heteroatoms. The number of nitrogen functional groups attached to an aromatic ring is 1. The molecule has 2 rings (SSSR count). The molecule has 0 aliphatic carbocycles. The fourth-order valence-electron chi connectivity index (χ4n) is 2.30. The van der Waals surface area contributed by atoms with Gasteiger partial charge in [0.05, 0.1) is 33.0 Å². The number of nitrogens with two attached hydrogens (primary N) is 1. The molecule has 0 fully saturated rings. The van der Waals surface area contributed by atoms with E-state index in [1.165, 1.54) is 6.07 Å². The average Bonchev–Trinajstić information content (AvgIpc) is 2.65. The highest BCUT2D eigenvalue weighted by Crippen LogP contribution is 2.16. The highest BCUT2D eigenvalue weighted by atomic mass is 16.5. The molecule has 1 heterocycles. The maximum Gasteiger partial charge on any atom is 0.349 e. The Bertz CT molecular complexity index is 789. The molecule has 148 valence electrons. The van der Waals surface area contributed by atoms with Crippen LogP contribution in [0.3, 0.4) is 0 Å². The predicted octanol–water partition coefficient (Wildman–Crippen LogP) is 1.56. The zero-order valence-electron chi connectivity index (χ0n) is 15.5. The van der Waals surface area contributed by atoms with E-state index in [4.69, 9.17) is 24.4 Å². The zero-order valence-corrected chi connectivity index (χ0v) is 15.5. The Morgan fingerprint density at radius 3 is 2.41 bits per heavy atom. The van der Waals surface area contributed by atoms with Gasteiger partial charge in [-0.1, -0.05) is 6.92 Å². The molecule has 1 amide bonds. The number of anilines is 1. The van der Waals surface area contributed by atoms with Gasteiger partial charge in [-0.25, -0.2) is 4.79 Å². The number of carbonyl (C=O) groups is 1. The van der Waals surface area contributed by atoms with E-state index in [1.54, 1.807) is 18.2 Å². The minimum absolute atomic E-state index is 0.0531. The van der Waals surface area contributed by atoms with Crippen LogP contribution in [0.1, 0.15) is 23.7 Å². The molecule has 0 saturated carbocycles. The van der Waals surface area contributed by atoms with Crippen molar-refractivity contribution in [3.8, 4) is 0 Å². The predicted molar refractivity (Wildman–Crippen MR) is 102 cm³/mol. The maximum atomic E-state index is 12.1. The van der Waals surface area contributed by atoms with Crippen molar-refractivity contribution >= 4 is 22.6 Å². The van der Waals surface area contributed by atoms with E-state index in [0.29, 0.717) is 49.7 Å². The Morgan fingerprint density at radius 2 is 1.70 bits per heavy atom. The minimum atomic E-state index is -0.704. The van der Waals surface area contributed by atoms with Gasteiger partial charge >= 0.3 is 5.63 Å². The molecule has 0 saturated heterocycles. The van der Waals surface area contributed by atoms with Gasteiger partial charge in [0.1, 0.15) is 11.1 Å². The standard InChI is InChI=1S/C19H26N2O6/c1-2-6-24-8-10-26-11-9-25-7-5-21-18(22)16-12-14-3-4-15(20)13-17(14)27-19(16)23/h3-4,12-13H,2,5-11,20H2,1H3,(H,21,22). The molecular formula is C19H26N2O6. The molecule has 3 N–H and O–H groups in total. The highest BCUT2D eigenvalue weighted by molar-refractivity contribution is 5.96. The number of hydrogen-bond donors (Lipinski definition) is 2. The number of nitrogens with one attached hydrogen (secondary N) is 1. The van der Waals surface area contributed by atoms with Crippen molar-refractivity contribution in [3.05, 3.63) is 40.2 Å². The van der Waals surface area contributed by atoms with Crippen LogP contribution in [0.5, 0.6) is 0 Å². The lowest BCUT2D eigenvalue weighted by atomic mass is 10.1. The topological polar surface area (TPSA) is 113 Å². The Morgan fingerprint density at radius 1 is 1.04 bits per heavy atom. The first-order chi connectivity index (χ1) is 13.1. The second kappa shape index (κ2) is 11.3. The van der Waals surface area contributed by atoms with Crippen LogP contribution in [0.15, 0.2) is 33.5 Å². The maximum absolute atomic E-state index is 12.1. The highest BCUT2D eigenvalue weighted by Gasteiger charge is 2.13. The molecule has 0 aliphatic heterocycles. The summed E-state index contributed by atoms with van der Waals surface area (Å²) in [5, 5.41) is 3.26. The van der Waals surface area contributed by atoms with Crippen LogP contribution in [0.25, 0.3) is 11.0 Å². The van der Waals surface area contributed by atoms with Gasteiger partial charge in [-0.3, -0.25) is 4.79 Å². The van der Waals surface area contributed by atoms with Crippen molar-refractivity contribution in [3.63, 3.8) is 0 Å². The van der Waals surface area contributed by atoms with E-state index in [2.05, 4.69) is 12.2 Å². The third kappa shape index (κ3) is 7.01. The van der Waals surface area contributed by atoms with Gasteiger partial charge in [0, 0.05) is 30.3 Å². The molecule has 0 bridgehead atoms. The minimum Gasteiger partial charge on any atom is -0.422 e. The van der Waals surface area contributed by atoms with Gasteiger partial charge in [0.15, 0.2) is 0 Å². The van der Waals surface area contributed by atoms with Gasteiger partial charge in [0.2, 0.25) is 0 Å². The van der Waals surface area contributed by atoms with E-state index in [-0.39, 0.29) is 12.1 Å². The van der Waals surface area contributed by atoms with Crippen molar-refractivity contribution < 1.29 is 23.4 Å². The summed E-state index contributed by atoms with van der Waals surface area (Å²) in [4.78, 5) is 24.1. The first kappa shape index (κ1) is 20.9. The van der Waals surface area contributed by atoms with Crippen LogP contribution in [-0.4, -0.2) is 52.1 Å². The van der Waals surface area contributed by atoms with Crippen LogP contribution >= 0.6 is 0 Å². The molecule has 0 atom stereocenters. The van der Waals surface area contributed by atoms with Crippen LogP contribution < -0.4 is 16.7 Å². The van der Waals surface area contributed by atoms with E-state index >= 15 is 0 Å². The van der Waals surface area contributed by atoms with Crippen LogP contribution in [-0.2, 0) is 14.2 Å². The van der Waals surface area contributed by atoms with Crippen molar-refractivity contribution in [2.24, 2.45) is 0 Å². The Labute approximate surface area is 157 Å². The molecule has 0 spiro atoms. The molecular weight excluding hydrogens is 352 g/mol. The second-order valence-electron chi connectivity index (χ2n) is 5.84. The lowest BCUT2D eigenvalue weighted by Crippen LogP contribution is -2.31. The first-order valence-corrected chi connectivity index (χ1v) is 8.96. The lowest BCUT2D eigenvalue weighted by Gasteiger charge is -2.08. The first-order valence-electron chi connectivity index (χ1n) is 8.96. The summed E-state index contributed by atoms with van der Waals surface area (Å²) in [7, 11) is 0. The second-order valence-corrected chi connectivity index (χ2v) is 5.84. The quantitative estimate of drug-likeness (QED) is 0.327. The van der Waals surface area contributed by atoms with Crippen LogP contribution in [0.2, 0.25) is 0 Å². The smallest absolute Gasteiger partial charge is 0.349 e. The lowest BCUT2D eigenvalue weighted by molar-refractivity contribution is 0.0152. The Hall–Kier alpha value is -2.42. The molecule has 0 unspecified atom stereocenters. The molecule has 1 aromatic carbocycles. The van der Waals surface area contributed by atoms with Crippen molar-refractivity contribution in [2.75, 3.05) is 51.9 Å². The number of hydrogen-bond acceptors (Lipinski definition) is 7. The summed E-state index contributed by atoms with van der Waals surface area (Å²) in [6, 6.07) is 6.41. The van der Waals surface area contributed by atoms with E-state index < -0.39 is 11.5 Å². The monoisotopic (exact) mass is 378 g/mol. The number of rotatable bonds is 12. The van der Waals surface area contributed by atoms with E-state index in [1.807, 2.05) is 0 Å². The number of benzene rings is 1. The molecule has 0 aliphatic rings. The third-order valence-electron chi connectivity index (χ3n) is 3.63. The third-order valence-corrected chi connectivity index (χ3v) is 3.63. The molecule has 1 aromatic heterocycles. The number of fused-ring (bicyclic) bond motifs is 1. The summed E-state index contributed by atoms with van der Waals surface area (Å²) >= 11 is 0. The molecule has 8 nitrogen and oxygen atoms in total. The average molecular weight is 378 g/mol. The Balaban J connectivity index is 1.66. The van der Waals surface area contributed by atoms with Crippen molar-refractivity contribution in [1.82, 2.24) is 5.32 Å². The van der Waals surface area contributed by atoms with Gasteiger partial charge in [-0.15, -0.1) is 0 Å². The molecule has 2 aromatic rings. The summed E-state index contributed by atoms with van der Waals surface area (Å²) in [5.74, 6) is -0.504. The summed E-state index contributed by atoms with van der Waals surface area (Å²) in [6.07, 6.45) is 0.991. The summed E-state index contributed by atoms with van der Waals surface area (Å²) in [6.45, 7) is 5.37. The number of ether oxygens (including phenoxy) is 3. The molecule has 27 heavy (non-hydrogen) atoms. The number of amides is 1. The SMILES string of the molecule is CCCOCCOCCOCCNC(=O)c1cc2ccc(N)cc2oc1=O. The fraction of sp³-hybridized carbons (Fsp3) is 0.474. The van der Waals surface area contributed by atoms with E-state index in [9.17, 15) is 9.59 Å².